The Kier molecular flexibility index (Phi) is 4.54. The zero-order valence-corrected chi connectivity index (χ0v) is 18.0. The van der Waals surface area contributed by atoms with Crippen molar-refractivity contribution >= 4 is 0 Å². The van der Waals surface area contributed by atoms with E-state index in [2.05, 4.69) is 24.6 Å². The van der Waals surface area contributed by atoms with E-state index in [4.69, 9.17) is 19.1 Å². The second-order valence-corrected chi connectivity index (χ2v) is 8.05. The molecule has 10 nitrogen and oxygen atoms in total. The number of aromatic nitrogens is 6. The SMILES string of the molecule is COc1ccc2c(c1)-c1nn(C)cc1Cc1c(-c3nc(CN4CCOCC4)no3)ncn1-2. The molecule has 1 aromatic carbocycles. The molecule has 0 spiro atoms. The number of hydrogen-bond acceptors (Lipinski definition) is 8. The highest BCUT2D eigenvalue weighted by Gasteiger charge is 2.27. The Bertz CT molecular complexity index is 1280. The Labute approximate surface area is 184 Å². The summed E-state index contributed by atoms with van der Waals surface area (Å²) in [5.41, 5.74) is 5.73. The number of imidazole rings is 1. The highest BCUT2D eigenvalue weighted by Crippen LogP contribution is 2.38. The van der Waals surface area contributed by atoms with Gasteiger partial charge in [-0.25, -0.2) is 4.98 Å². The van der Waals surface area contributed by atoms with Gasteiger partial charge in [-0.15, -0.1) is 0 Å². The molecule has 0 N–H and O–H groups in total. The predicted molar refractivity (Wildman–Crippen MR) is 115 cm³/mol. The molecule has 3 aromatic heterocycles. The van der Waals surface area contributed by atoms with E-state index >= 15 is 0 Å². The number of hydrogen-bond donors (Lipinski definition) is 0. The van der Waals surface area contributed by atoms with Crippen LogP contribution < -0.4 is 4.74 Å². The molecular weight excluding hydrogens is 410 g/mol. The fourth-order valence-electron chi connectivity index (χ4n) is 4.42. The van der Waals surface area contributed by atoms with Crippen LogP contribution in [0, 0.1) is 0 Å². The van der Waals surface area contributed by atoms with Gasteiger partial charge < -0.3 is 18.6 Å². The molecule has 32 heavy (non-hydrogen) atoms. The van der Waals surface area contributed by atoms with Crippen LogP contribution in [0.1, 0.15) is 17.1 Å². The van der Waals surface area contributed by atoms with Gasteiger partial charge in [0.25, 0.3) is 5.89 Å². The van der Waals surface area contributed by atoms with Gasteiger partial charge in [-0.3, -0.25) is 9.58 Å². The van der Waals surface area contributed by atoms with Crippen LogP contribution in [0.3, 0.4) is 0 Å². The Morgan fingerprint density at radius 3 is 2.88 bits per heavy atom. The van der Waals surface area contributed by atoms with E-state index in [1.165, 1.54) is 0 Å². The number of rotatable bonds is 4. The van der Waals surface area contributed by atoms with Crippen LogP contribution >= 0.6 is 0 Å². The molecule has 10 heteroatoms. The Morgan fingerprint density at radius 2 is 2.03 bits per heavy atom. The van der Waals surface area contributed by atoms with E-state index in [1.54, 1.807) is 7.11 Å². The summed E-state index contributed by atoms with van der Waals surface area (Å²) in [6.45, 7) is 3.84. The summed E-state index contributed by atoms with van der Waals surface area (Å²) in [5, 5.41) is 8.93. The van der Waals surface area contributed by atoms with E-state index in [9.17, 15) is 0 Å². The topological polar surface area (TPSA) is 96.3 Å². The average molecular weight is 433 g/mol. The first-order chi connectivity index (χ1) is 15.7. The van der Waals surface area contributed by atoms with Gasteiger partial charge in [0.2, 0.25) is 0 Å². The first kappa shape index (κ1) is 19.2. The minimum absolute atomic E-state index is 0.435. The Balaban J connectivity index is 1.41. The molecule has 2 aliphatic heterocycles. The number of methoxy groups -OCH3 is 1. The minimum Gasteiger partial charge on any atom is -0.497 e. The highest BCUT2D eigenvalue weighted by atomic mass is 16.5. The molecule has 2 aliphatic rings. The number of nitrogens with zero attached hydrogens (tertiary/aromatic N) is 7. The molecule has 1 saturated heterocycles. The molecule has 0 bridgehead atoms. The third kappa shape index (κ3) is 3.19. The summed E-state index contributed by atoms with van der Waals surface area (Å²) < 4.78 is 20.4. The van der Waals surface area contributed by atoms with Gasteiger partial charge in [-0.05, 0) is 18.2 Å². The monoisotopic (exact) mass is 433 g/mol. The van der Waals surface area contributed by atoms with Crippen LogP contribution in [0.2, 0.25) is 0 Å². The molecule has 0 aliphatic carbocycles. The van der Waals surface area contributed by atoms with Gasteiger partial charge in [-0.2, -0.15) is 10.1 Å². The minimum atomic E-state index is 0.435. The summed E-state index contributed by atoms with van der Waals surface area (Å²) >= 11 is 0. The van der Waals surface area contributed by atoms with Gasteiger partial charge in [0.05, 0.1) is 43.9 Å². The number of aryl methyl sites for hydroxylation is 1. The van der Waals surface area contributed by atoms with Crippen molar-refractivity contribution in [2.24, 2.45) is 7.05 Å². The van der Waals surface area contributed by atoms with Crippen molar-refractivity contribution in [2.75, 3.05) is 33.4 Å². The van der Waals surface area contributed by atoms with Crippen LogP contribution in [0.15, 0.2) is 35.2 Å². The molecule has 1 fully saturated rings. The first-order valence-electron chi connectivity index (χ1n) is 10.6. The van der Waals surface area contributed by atoms with Crippen molar-refractivity contribution in [3.63, 3.8) is 0 Å². The van der Waals surface area contributed by atoms with Crippen molar-refractivity contribution in [2.45, 2.75) is 13.0 Å². The average Bonchev–Trinajstić information content (AvgIpc) is 3.51. The van der Waals surface area contributed by atoms with Crippen LogP contribution in [-0.4, -0.2) is 67.8 Å². The lowest BCUT2D eigenvalue weighted by molar-refractivity contribution is 0.0327. The van der Waals surface area contributed by atoms with Crippen LogP contribution in [0.5, 0.6) is 5.75 Å². The molecule has 6 rings (SSSR count). The second kappa shape index (κ2) is 7.57. The largest absolute Gasteiger partial charge is 0.497 e. The predicted octanol–water partition coefficient (Wildman–Crippen LogP) is 2.07. The number of fused-ring (bicyclic) bond motifs is 5. The van der Waals surface area contributed by atoms with Crippen LogP contribution in [0.25, 0.3) is 28.5 Å². The summed E-state index contributed by atoms with van der Waals surface area (Å²) in [5.74, 6) is 1.88. The Morgan fingerprint density at radius 1 is 1.16 bits per heavy atom. The van der Waals surface area contributed by atoms with Gasteiger partial charge in [-0.1, -0.05) is 5.16 Å². The van der Waals surface area contributed by atoms with Crippen LogP contribution in [-0.2, 0) is 24.8 Å². The lowest BCUT2D eigenvalue weighted by atomic mass is 10.0. The molecule has 0 unspecified atom stereocenters. The molecule has 4 aromatic rings. The third-order valence-corrected chi connectivity index (χ3v) is 5.99. The van der Waals surface area contributed by atoms with Crippen molar-refractivity contribution in [1.29, 1.82) is 0 Å². The summed E-state index contributed by atoms with van der Waals surface area (Å²) in [7, 11) is 3.60. The van der Waals surface area contributed by atoms with Gasteiger partial charge >= 0.3 is 0 Å². The van der Waals surface area contributed by atoms with E-state index in [1.807, 2.05) is 42.5 Å². The zero-order chi connectivity index (χ0) is 21.7. The quantitative estimate of drug-likeness (QED) is 0.425. The fourth-order valence-corrected chi connectivity index (χ4v) is 4.42. The van der Waals surface area contributed by atoms with E-state index < -0.39 is 0 Å². The molecule has 0 amide bonds. The maximum atomic E-state index is 5.64. The van der Waals surface area contributed by atoms with Crippen molar-refractivity contribution < 1.29 is 14.0 Å². The van der Waals surface area contributed by atoms with Gasteiger partial charge in [0.1, 0.15) is 12.1 Å². The number of benzene rings is 1. The van der Waals surface area contributed by atoms with Crippen molar-refractivity contribution in [3.05, 3.63) is 47.8 Å². The maximum absolute atomic E-state index is 5.64. The maximum Gasteiger partial charge on any atom is 0.278 e. The van der Waals surface area contributed by atoms with E-state index in [0.717, 1.165) is 60.3 Å². The molecule has 0 saturated carbocycles. The standard InChI is InChI=1S/C22H23N7O3/c1-27-11-14-9-18-21(22-24-19(26-32-22)12-28-5-7-31-8-6-28)23-13-29(18)17-4-3-15(30-2)10-16(17)20(14)25-27/h3-4,10-11,13H,5-9,12H2,1-2H3. The first-order valence-corrected chi connectivity index (χ1v) is 10.6. The third-order valence-electron chi connectivity index (χ3n) is 5.99. The molecular formula is C22H23N7O3. The van der Waals surface area contributed by atoms with Gasteiger partial charge in [0.15, 0.2) is 11.5 Å². The molecule has 0 atom stereocenters. The van der Waals surface area contributed by atoms with E-state index in [0.29, 0.717) is 30.4 Å². The molecule has 164 valence electrons. The number of ether oxygens (including phenoxy) is 2. The second-order valence-electron chi connectivity index (χ2n) is 8.05. The summed E-state index contributed by atoms with van der Waals surface area (Å²) in [6.07, 6.45) is 4.51. The highest BCUT2D eigenvalue weighted by molar-refractivity contribution is 5.77. The van der Waals surface area contributed by atoms with Crippen molar-refractivity contribution in [1.82, 2.24) is 34.4 Å². The smallest absolute Gasteiger partial charge is 0.278 e. The van der Waals surface area contributed by atoms with E-state index in [-0.39, 0.29) is 0 Å². The van der Waals surface area contributed by atoms with Crippen LogP contribution in [0.4, 0.5) is 0 Å². The lowest BCUT2D eigenvalue weighted by Gasteiger charge is -2.24. The van der Waals surface area contributed by atoms with Crippen molar-refractivity contribution in [3.8, 4) is 34.3 Å². The molecule has 0 radical (unpaired) electrons. The Hall–Kier alpha value is -3.50. The number of morpholine rings is 1. The normalized spacial score (nSPS) is 15.7. The molecule has 5 heterocycles. The fraction of sp³-hybridized carbons (Fsp3) is 0.364. The zero-order valence-electron chi connectivity index (χ0n) is 18.0. The van der Waals surface area contributed by atoms with Gasteiger partial charge in [0, 0.05) is 43.9 Å². The summed E-state index contributed by atoms with van der Waals surface area (Å²) in [4.78, 5) is 11.6. The lowest BCUT2D eigenvalue weighted by Crippen LogP contribution is -2.35. The summed E-state index contributed by atoms with van der Waals surface area (Å²) in [6, 6.07) is 6.00.